The first kappa shape index (κ1) is 13.4. The van der Waals surface area contributed by atoms with Crippen LogP contribution in [0.5, 0.6) is 0 Å². The van der Waals surface area contributed by atoms with Crippen molar-refractivity contribution in [1.29, 1.82) is 0 Å². The number of aryl methyl sites for hydroxylation is 1. The largest absolute Gasteiger partial charge is 0.346 e. The summed E-state index contributed by atoms with van der Waals surface area (Å²) < 4.78 is 2.25. The van der Waals surface area contributed by atoms with Crippen molar-refractivity contribution >= 4 is 0 Å². The van der Waals surface area contributed by atoms with Crippen molar-refractivity contribution in [2.24, 2.45) is 0 Å². The molecule has 3 heterocycles. The van der Waals surface area contributed by atoms with Gasteiger partial charge in [0.05, 0.1) is 6.54 Å². The van der Waals surface area contributed by atoms with E-state index in [9.17, 15) is 0 Å². The van der Waals surface area contributed by atoms with Crippen molar-refractivity contribution in [2.45, 2.75) is 45.7 Å². The van der Waals surface area contributed by atoms with Crippen LogP contribution in [0.1, 0.15) is 49.6 Å². The number of nitrogens with zero attached hydrogens (tertiary/aromatic N) is 4. The standard InChI is InChI=1S/C15H23N5/c1-11(2)20-7-5-16-14(20)10-19-6-4-13(9-19)15-17-8-12(3)18-15/h5,7-8,11,13H,4,6,9-10H2,1-3H3,(H,17,18)/t13-/m1/s1. The van der Waals surface area contributed by atoms with Crippen molar-refractivity contribution in [1.82, 2.24) is 24.4 Å². The monoisotopic (exact) mass is 273 g/mol. The van der Waals surface area contributed by atoms with Gasteiger partial charge >= 0.3 is 0 Å². The van der Waals surface area contributed by atoms with Crippen LogP contribution in [0.4, 0.5) is 0 Å². The fourth-order valence-electron chi connectivity index (χ4n) is 2.98. The van der Waals surface area contributed by atoms with E-state index in [2.05, 4.69) is 51.4 Å². The normalized spacial score (nSPS) is 20.1. The second-order valence-electron chi connectivity index (χ2n) is 6.02. The van der Waals surface area contributed by atoms with Gasteiger partial charge in [-0.1, -0.05) is 0 Å². The maximum Gasteiger partial charge on any atom is 0.123 e. The Morgan fingerprint density at radius 1 is 1.40 bits per heavy atom. The third-order valence-electron chi connectivity index (χ3n) is 4.05. The van der Waals surface area contributed by atoms with E-state index in [1.54, 1.807) is 0 Å². The maximum atomic E-state index is 4.50. The number of hydrogen-bond donors (Lipinski definition) is 1. The number of likely N-dealkylation sites (tertiary alicyclic amines) is 1. The van der Waals surface area contributed by atoms with E-state index >= 15 is 0 Å². The van der Waals surface area contributed by atoms with E-state index in [0.29, 0.717) is 12.0 Å². The quantitative estimate of drug-likeness (QED) is 0.931. The lowest BCUT2D eigenvalue weighted by Crippen LogP contribution is -2.22. The minimum atomic E-state index is 0.471. The Morgan fingerprint density at radius 2 is 2.25 bits per heavy atom. The molecule has 108 valence electrons. The molecule has 1 atom stereocenters. The fraction of sp³-hybridized carbons (Fsp3) is 0.600. The first-order chi connectivity index (χ1) is 9.63. The first-order valence-corrected chi connectivity index (χ1v) is 7.39. The van der Waals surface area contributed by atoms with Crippen LogP contribution in [-0.2, 0) is 6.54 Å². The number of H-pyrrole nitrogens is 1. The number of aromatic amines is 1. The molecule has 5 heteroatoms. The van der Waals surface area contributed by atoms with Crippen molar-refractivity contribution in [2.75, 3.05) is 13.1 Å². The molecule has 20 heavy (non-hydrogen) atoms. The molecule has 1 N–H and O–H groups in total. The molecule has 2 aromatic heterocycles. The van der Waals surface area contributed by atoms with Crippen LogP contribution in [0.2, 0.25) is 0 Å². The Morgan fingerprint density at radius 3 is 2.95 bits per heavy atom. The molecule has 1 aliphatic rings. The summed E-state index contributed by atoms with van der Waals surface area (Å²) in [6, 6.07) is 0.471. The van der Waals surface area contributed by atoms with Gasteiger partial charge in [0, 0.05) is 42.8 Å². The zero-order valence-electron chi connectivity index (χ0n) is 12.5. The Hall–Kier alpha value is -1.62. The zero-order chi connectivity index (χ0) is 14.1. The van der Waals surface area contributed by atoms with Gasteiger partial charge in [0.15, 0.2) is 0 Å². The average Bonchev–Trinajstić information content (AvgIpc) is 3.09. The highest BCUT2D eigenvalue weighted by atomic mass is 15.2. The molecule has 0 aliphatic carbocycles. The Labute approximate surface area is 120 Å². The van der Waals surface area contributed by atoms with E-state index < -0.39 is 0 Å². The molecule has 0 amide bonds. The van der Waals surface area contributed by atoms with Gasteiger partial charge < -0.3 is 9.55 Å². The first-order valence-electron chi connectivity index (χ1n) is 7.39. The van der Waals surface area contributed by atoms with Crippen LogP contribution >= 0.6 is 0 Å². The minimum Gasteiger partial charge on any atom is -0.346 e. The van der Waals surface area contributed by atoms with Crippen LogP contribution in [-0.4, -0.2) is 37.5 Å². The van der Waals surface area contributed by atoms with Crippen LogP contribution in [0.15, 0.2) is 18.6 Å². The highest BCUT2D eigenvalue weighted by Crippen LogP contribution is 2.26. The van der Waals surface area contributed by atoms with Gasteiger partial charge in [0.1, 0.15) is 11.6 Å². The highest BCUT2D eigenvalue weighted by molar-refractivity contribution is 5.07. The number of rotatable bonds is 4. The third kappa shape index (κ3) is 2.63. The van der Waals surface area contributed by atoms with Gasteiger partial charge in [-0.05, 0) is 33.7 Å². The van der Waals surface area contributed by atoms with E-state index in [4.69, 9.17) is 0 Å². The van der Waals surface area contributed by atoms with Gasteiger partial charge in [0.25, 0.3) is 0 Å². The summed E-state index contributed by atoms with van der Waals surface area (Å²) in [5.74, 6) is 2.83. The lowest BCUT2D eigenvalue weighted by molar-refractivity contribution is 0.308. The lowest BCUT2D eigenvalue weighted by atomic mass is 10.1. The molecule has 0 aromatic carbocycles. The molecule has 0 radical (unpaired) electrons. The molecule has 1 aliphatic heterocycles. The SMILES string of the molecule is Cc1cnc([C@@H]2CCN(Cc3nccn3C(C)C)C2)[nH]1. The number of imidazole rings is 2. The predicted octanol–water partition coefficient (Wildman–Crippen LogP) is 2.49. The highest BCUT2D eigenvalue weighted by Gasteiger charge is 2.26. The summed E-state index contributed by atoms with van der Waals surface area (Å²) in [6.45, 7) is 9.57. The maximum absolute atomic E-state index is 4.50. The summed E-state index contributed by atoms with van der Waals surface area (Å²) in [6.07, 6.45) is 7.07. The second-order valence-corrected chi connectivity index (χ2v) is 6.02. The van der Waals surface area contributed by atoms with E-state index in [1.165, 1.54) is 6.42 Å². The molecule has 0 spiro atoms. The van der Waals surface area contributed by atoms with Crippen LogP contribution in [0.3, 0.4) is 0 Å². The number of hydrogen-bond acceptors (Lipinski definition) is 3. The van der Waals surface area contributed by atoms with Crippen LogP contribution in [0.25, 0.3) is 0 Å². The van der Waals surface area contributed by atoms with Crippen LogP contribution in [0, 0.1) is 6.92 Å². The van der Waals surface area contributed by atoms with Gasteiger partial charge in [-0.25, -0.2) is 9.97 Å². The molecule has 0 saturated carbocycles. The van der Waals surface area contributed by atoms with Gasteiger partial charge in [-0.15, -0.1) is 0 Å². The predicted molar refractivity (Wildman–Crippen MR) is 78.6 cm³/mol. The summed E-state index contributed by atoms with van der Waals surface area (Å²) in [5.41, 5.74) is 1.15. The fourth-order valence-corrected chi connectivity index (χ4v) is 2.98. The topological polar surface area (TPSA) is 49.7 Å². The van der Waals surface area contributed by atoms with E-state index in [-0.39, 0.29) is 0 Å². The average molecular weight is 273 g/mol. The summed E-state index contributed by atoms with van der Waals surface area (Å²) in [5, 5.41) is 0. The van der Waals surface area contributed by atoms with Crippen molar-refractivity contribution in [3.05, 3.63) is 35.9 Å². The Kier molecular flexibility index (Phi) is 3.61. The molecule has 0 bridgehead atoms. The molecule has 3 rings (SSSR count). The third-order valence-corrected chi connectivity index (χ3v) is 4.05. The summed E-state index contributed by atoms with van der Waals surface area (Å²) in [7, 11) is 0. The Balaban J connectivity index is 1.64. The molecule has 5 nitrogen and oxygen atoms in total. The smallest absolute Gasteiger partial charge is 0.123 e. The molecular formula is C15H23N5. The van der Waals surface area contributed by atoms with Gasteiger partial charge in [-0.3, -0.25) is 4.90 Å². The number of aromatic nitrogens is 4. The second kappa shape index (κ2) is 5.40. The molecular weight excluding hydrogens is 250 g/mol. The van der Waals surface area contributed by atoms with Crippen molar-refractivity contribution in [3.8, 4) is 0 Å². The minimum absolute atomic E-state index is 0.471. The molecule has 0 unspecified atom stereocenters. The zero-order valence-corrected chi connectivity index (χ0v) is 12.5. The summed E-state index contributed by atoms with van der Waals surface area (Å²) in [4.78, 5) is 14.8. The summed E-state index contributed by atoms with van der Waals surface area (Å²) >= 11 is 0. The van der Waals surface area contributed by atoms with Gasteiger partial charge in [-0.2, -0.15) is 0 Å². The number of nitrogens with one attached hydrogen (secondary N) is 1. The molecule has 2 aromatic rings. The molecule has 1 fully saturated rings. The Bertz CT molecular complexity index is 568. The van der Waals surface area contributed by atoms with E-state index in [1.807, 2.05) is 12.4 Å². The van der Waals surface area contributed by atoms with Crippen LogP contribution < -0.4 is 0 Å². The lowest BCUT2D eigenvalue weighted by Gasteiger charge is -2.18. The van der Waals surface area contributed by atoms with E-state index in [0.717, 1.165) is 37.0 Å². The van der Waals surface area contributed by atoms with Crippen molar-refractivity contribution in [3.63, 3.8) is 0 Å². The van der Waals surface area contributed by atoms with Crippen molar-refractivity contribution < 1.29 is 0 Å². The van der Waals surface area contributed by atoms with Gasteiger partial charge in [0.2, 0.25) is 0 Å². The molecule has 1 saturated heterocycles.